The van der Waals surface area contributed by atoms with Gasteiger partial charge < -0.3 is 10.1 Å². The van der Waals surface area contributed by atoms with Gasteiger partial charge in [0.05, 0.1) is 4.92 Å². The molecule has 0 bridgehead atoms. The van der Waals surface area contributed by atoms with Gasteiger partial charge in [-0.25, -0.2) is 0 Å². The number of benzene rings is 3. The summed E-state index contributed by atoms with van der Waals surface area (Å²) in [5.74, 6) is -1.39. The fourth-order valence-corrected chi connectivity index (χ4v) is 3.78. The maximum atomic E-state index is 12.1. The van der Waals surface area contributed by atoms with E-state index in [1.165, 1.54) is 18.2 Å². The number of hydrogen-bond donors (Lipinski definition) is 1. The highest BCUT2D eigenvalue weighted by molar-refractivity contribution is 7.99. The van der Waals surface area contributed by atoms with E-state index in [2.05, 4.69) is 5.32 Å². The number of rotatable bonds is 11. The van der Waals surface area contributed by atoms with Gasteiger partial charge in [0, 0.05) is 46.0 Å². The Labute approximate surface area is 200 Å². The third-order valence-corrected chi connectivity index (χ3v) is 5.66. The standard InChI is InChI=1S/C25H22N2O6S/c28-23(18-6-4-7-20(16-18)27(31)32)17-33-25(30)11-5-10-24(29)26-19-12-14-22(15-13-19)34-21-8-2-1-3-9-21/h1-4,6-9,12-16H,5,10-11,17H2,(H,26,29). The number of esters is 1. The SMILES string of the molecule is O=C(CCCC(=O)OCC(=O)c1cccc([N+](=O)[O-])c1)Nc1ccc(Sc2ccccc2)cc1. The number of non-ortho nitro benzene ring substituents is 1. The molecule has 0 atom stereocenters. The van der Waals surface area contributed by atoms with Crippen LogP contribution in [0.2, 0.25) is 0 Å². The fourth-order valence-electron chi connectivity index (χ4n) is 2.94. The van der Waals surface area contributed by atoms with Crippen molar-refractivity contribution in [2.45, 2.75) is 29.1 Å². The van der Waals surface area contributed by atoms with Crippen LogP contribution in [-0.4, -0.2) is 29.2 Å². The van der Waals surface area contributed by atoms with E-state index in [0.717, 1.165) is 15.9 Å². The van der Waals surface area contributed by atoms with Crippen LogP contribution in [0.3, 0.4) is 0 Å². The summed E-state index contributed by atoms with van der Waals surface area (Å²) in [5, 5.41) is 13.6. The molecule has 3 rings (SSSR count). The van der Waals surface area contributed by atoms with Gasteiger partial charge in [0.1, 0.15) is 0 Å². The summed E-state index contributed by atoms with van der Waals surface area (Å²) in [7, 11) is 0. The van der Waals surface area contributed by atoms with E-state index in [1.807, 2.05) is 54.6 Å². The van der Waals surface area contributed by atoms with E-state index in [4.69, 9.17) is 4.74 Å². The Bertz CT molecular complexity index is 1170. The molecule has 0 aliphatic heterocycles. The zero-order chi connectivity index (χ0) is 24.3. The molecule has 0 heterocycles. The number of ether oxygens (including phenoxy) is 1. The van der Waals surface area contributed by atoms with Crippen molar-refractivity contribution in [3.8, 4) is 0 Å². The van der Waals surface area contributed by atoms with Gasteiger partial charge >= 0.3 is 5.97 Å². The van der Waals surface area contributed by atoms with E-state index in [9.17, 15) is 24.5 Å². The first-order valence-corrected chi connectivity index (χ1v) is 11.3. The van der Waals surface area contributed by atoms with Crippen molar-refractivity contribution in [2.24, 2.45) is 0 Å². The topological polar surface area (TPSA) is 116 Å². The lowest BCUT2D eigenvalue weighted by molar-refractivity contribution is -0.384. The van der Waals surface area contributed by atoms with E-state index in [0.29, 0.717) is 5.69 Å². The van der Waals surface area contributed by atoms with Crippen molar-refractivity contribution in [3.05, 3.63) is 94.5 Å². The number of nitro benzene ring substituents is 1. The molecule has 1 N–H and O–H groups in total. The molecule has 0 aromatic heterocycles. The smallest absolute Gasteiger partial charge is 0.306 e. The predicted molar refractivity (Wildman–Crippen MR) is 128 cm³/mol. The Morgan fingerprint density at radius 2 is 1.59 bits per heavy atom. The Balaban J connectivity index is 1.36. The quantitative estimate of drug-likeness (QED) is 0.172. The number of nitrogens with one attached hydrogen (secondary N) is 1. The monoisotopic (exact) mass is 478 g/mol. The Hall–Kier alpha value is -3.98. The minimum Gasteiger partial charge on any atom is -0.457 e. The second-order valence-corrected chi connectivity index (χ2v) is 8.38. The van der Waals surface area contributed by atoms with Crippen LogP contribution in [0.15, 0.2) is 88.7 Å². The molecule has 0 fully saturated rings. The zero-order valence-corrected chi connectivity index (χ0v) is 19.0. The number of nitro groups is 1. The first-order valence-electron chi connectivity index (χ1n) is 10.5. The average molecular weight is 479 g/mol. The molecule has 8 nitrogen and oxygen atoms in total. The predicted octanol–water partition coefficient (Wildman–Crippen LogP) is 5.28. The van der Waals surface area contributed by atoms with Crippen molar-refractivity contribution < 1.29 is 24.0 Å². The number of hydrogen-bond acceptors (Lipinski definition) is 7. The van der Waals surface area contributed by atoms with Crippen LogP contribution in [0.1, 0.15) is 29.6 Å². The van der Waals surface area contributed by atoms with Gasteiger partial charge in [0.2, 0.25) is 11.7 Å². The summed E-state index contributed by atoms with van der Waals surface area (Å²) in [5.41, 5.74) is 0.537. The number of carbonyl (C=O) groups is 3. The molecule has 3 aromatic carbocycles. The normalized spacial score (nSPS) is 10.4. The van der Waals surface area contributed by atoms with Crippen molar-refractivity contribution in [3.63, 3.8) is 0 Å². The van der Waals surface area contributed by atoms with Gasteiger partial charge in [-0.15, -0.1) is 0 Å². The molecule has 0 saturated heterocycles. The lowest BCUT2D eigenvalue weighted by atomic mass is 10.1. The van der Waals surface area contributed by atoms with Crippen LogP contribution >= 0.6 is 11.8 Å². The van der Waals surface area contributed by atoms with Gasteiger partial charge in [-0.2, -0.15) is 0 Å². The number of ketones is 1. The molecule has 9 heteroatoms. The third kappa shape index (κ3) is 7.86. The van der Waals surface area contributed by atoms with Gasteiger partial charge in [-0.1, -0.05) is 42.1 Å². The molecule has 0 radical (unpaired) electrons. The minimum atomic E-state index is -0.617. The molecular formula is C25H22N2O6S. The summed E-state index contributed by atoms with van der Waals surface area (Å²) in [6.45, 7) is -0.514. The van der Waals surface area contributed by atoms with Crippen molar-refractivity contribution >= 4 is 40.8 Å². The minimum absolute atomic E-state index is 0.0255. The molecule has 3 aromatic rings. The molecule has 0 spiro atoms. The summed E-state index contributed by atoms with van der Waals surface area (Å²) in [4.78, 5) is 48.4. The van der Waals surface area contributed by atoms with Crippen LogP contribution in [0.4, 0.5) is 11.4 Å². The van der Waals surface area contributed by atoms with Crippen LogP contribution < -0.4 is 5.32 Å². The second kappa shape index (κ2) is 12.3. The molecule has 1 amide bonds. The van der Waals surface area contributed by atoms with E-state index >= 15 is 0 Å². The van der Waals surface area contributed by atoms with Gasteiger partial charge in [0.25, 0.3) is 5.69 Å². The van der Waals surface area contributed by atoms with Gasteiger partial charge in [-0.05, 0) is 42.8 Å². The van der Waals surface area contributed by atoms with Gasteiger partial charge in [0.15, 0.2) is 6.61 Å². The number of anilines is 1. The molecule has 0 saturated carbocycles. The Morgan fingerprint density at radius 3 is 2.29 bits per heavy atom. The second-order valence-electron chi connectivity index (χ2n) is 7.23. The lowest BCUT2D eigenvalue weighted by Crippen LogP contribution is -2.15. The Kier molecular flexibility index (Phi) is 8.93. The molecule has 0 aliphatic carbocycles. The first-order chi connectivity index (χ1) is 16.4. The van der Waals surface area contributed by atoms with E-state index in [-0.39, 0.29) is 36.4 Å². The van der Waals surface area contributed by atoms with Crippen LogP contribution in [0.25, 0.3) is 0 Å². The number of amides is 1. The highest BCUT2D eigenvalue weighted by Gasteiger charge is 2.14. The fraction of sp³-hybridized carbons (Fsp3) is 0.160. The molecular weight excluding hydrogens is 456 g/mol. The Morgan fingerprint density at radius 1 is 0.882 bits per heavy atom. The molecule has 174 valence electrons. The highest BCUT2D eigenvalue weighted by Crippen LogP contribution is 2.28. The number of nitrogens with zero attached hydrogens (tertiary/aromatic N) is 1. The summed E-state index contributed by atoms with van der Waals surface area (Å²) in [6, 6.07) is 22.6. The number of Topliss-reactive ketones (excluding diaryl/α,β-unsaturated/α-hetero) is 1. The van der Waals surface area contributed by atoms with E-state index < -0.39 is 23.3 Å². The van der Waals surface area contributed by atoms with Crippen LogP contribution in [-0.2, 0) is 14.3 Å². The third-order valence-electron chi connectivity index (χ3n) is 4.64. The summed E-state index contributed by atoms with van der Waals surface area (Å²) < 4.78 is 4.93. The lowest BCUT2D eigenvalue weighted by Gasteiger charge is -2.07. The maximum absolute atomic E-state index is 12.1. The molecule has 0 unspecified atom stereocenters. The van der Waals surface area contributed by atoms with Crippen LogP contribution in [0, 0.1) is 10.1 Å². The molecule has 34 heavy (non-hydrogen) atoms. The van der Waals surface area contributed by atoms with E-state index in [1.54, 1.807) is 11.8 Å². The summed E-state index contributed by atoms with van der Waals surface area (Å²) in [6.07, 6.45) is 0.355. The largest absolute Gasteiger partial charge is 0.457 e. The molecule has 0 aliphatic rings. The average Bonchev–Trinajstić information content (AvgIpc) is 2.84. The maximum Gasteiger partial charge on any atom is 0.306 e. The van der Waals surface area contributed by atoms with Crippen molar-refractivity contribution in [1.29, 1.82) is 0 Å². The van der Waals surface area contributed by atoms with Crippen LogP contribution in [0.5, 0.6) is 0 Å². The summed E-state index contributed by atoms with van der Waals surface area (Å²) >= 11 is 1.62. The zero-order valence-electron chi connectivity index (χ0n) is 18.1. The van der Waals surface area contributed by atoms with Crippen molar-refractivity contribution in [1.82, 2.24) is 0 Å². The highest BCUT2D eigenvalue weighted by atomic mass is 32.2. The van der Waals surface area contributed by atoms with Gasteiger partial charge in [-0.3, -0.25) is 24.5 Å². The number of carbonyl (C=O) groups excluding carboxylic acids is 3. The van der Waals surface area contributed by atoms with Crippen molar-refractivity contribution in [2.75, 3.05) is 11.9 Å². The first kappa shape index (κ1) is 24.7.